The molecule has 0 bridgehead atoms. The highest BCUT2D eigenvalue weighted by Gasteiger charge is 2.12. The topological polar surface area (TPSA) is 93.5 Å². The first-order chi connectivity index (χ1) is 13.5. The Morgan fingerprint density at radius 3 is 2.36 bits per heavy atom. The quantitative estimate of drug-likeness (QED) is 0.639. The van der Waals surface area contributed by atoms with Gasteiger partial charge in [-0.3, -0.25) is 20.4 Å². The molecule has 2 aromatic carbocycles. The number of aromatic nitrogens is 1. The first-order valence-electron chi connectivity index (χ1n) is 8.45. The highest BCUT2D eigenvalue weighted by atomic mass is 35.5. The van der Waals surface area contributed by atoms with Crippen molar-refractivity contribution in [3.05, 3.63) is 81.7 Å². The van der Waals surface area contributed by atoms with Crippen molar-refractivity contribution in [3.63, 3.8) is 0 Å². The number of benzene rings is 2. The van der Waals surface area contributed by atoms with Gasteiger partial charge in [0.05, 0.1) is 21.8 Å². The Morgan fingerprint density at radius 1 is 1.04 bits per heavy atom. The average molecular weight is 400 g/mol. The summed E-state index contributed by atoms with van der Waals surface area (Å²) in [6.07, 6.45) is 0. The van der Waals surface area contributed by atoms with E-state index in [4.69, 9.17) is 20.9 Å². The second kappa shape index (κ2) is 8.58. The van der Waals surface area contributed by atoms with Crippen LogP contribution in [0.5, 0.6) is 5.75 Å². The number of nitrogens with zero attached hydrogens (tertiary/aromatic N) is 1. The summed E-state index contributed by atoms with van der Waals surface area (Å²) in [5.41, 5.74) is 7.00. The van der Waals surface area contributed by atoms with Crippen LogP contribution in [0.3, 0.4) is 0 Å². The van der Waals surface area contributed by atoms with E-state index in [2.05, 4.69) is 16.0 Å². The molecule has 0 fully saturated rings. The van der Waals surface area contributed by atoms with Gasteiger partial charge in [0.2, 0.25) is 0 Å². The molecule has 0 aliphatic carbocycles. The Morgan fingerprint density at radius 2 is 1.71 bits per heavy atom. The standard InChI is InChI=1S/C20H18ClN3O4/c1-12-17(13(2)28-24-12)11-27-15-9-7-14(8-10-15)19(25)22-23-20(26)16-5-3-4-6-18(16)21/h3-10H,11H2,1-2H3,(H,22,25)(H,23,26). The number of ether oxygens (including phenoxy) is 1. The number of carbonyl (C=O) groups is 2. The molecule has 0 spiro atoms. The fourth-order valence-electron chi connectivity index (χ4n) is 2.46. The van der Waals surface area contributed by atoms with Crippen molar-refractivity contribution in [1.82, 2.24) is 16.0 Å². The molecule has 2 amide bonds. The van der Waals surface area contributed by atoms with Gasteiger partial charge in [0.15, 0.2) is 0 Å². The fraction of sp³-hybridized carbons (Fsp3) is 0.150. The molecule has 3 rings (SSSR count). The number of hydrogen-bond donors (Lipinski definition) is 2. The molecule has 3 aromatic rings. The minimum atomic E-state index is -0.502. The zero-order valence-electron chi connectivity index (χ0n) is 15.3. The Bertz CT molecular complexity index is 979. The molecule has 7 nitrogen and oxygen atoms in total. The summed E-state index contributed by atoms with van der Waals surface area (Å²) < 4.78 is 10.8. The van der Waals surface area contributed by atoms with Gasteiger partial charge in [-0.25, -0.2) is 0 Å². The Labute approximate surface area is 166 Å². The number of aryl methyl sites for hydroxylation is 2. The first-order valence-corrected chi connectivity index (χ1v) is 8.83. The fourth-order valence-corrected chi connectivity index (χ4v) is 2.69. The molecule has 1 aromatic heterocycles. The van der Waals surface area contributed by atoms with E-state index in [1.165, 1.54) is 0 Å². The Hall–Kier alpha value is -3.32. The molecule has 8 heteroatoms. The number of hydrogen-bond acceptors (Lipinski definition) is 5. The SMILES string of the molecule is Cc1noc(C)c1COc1ccc(C(=O)NNC(=O)c2ccccc2Cl)cc1. The average Bonchev–Trinajstić information content (AvgIpc) is 3.02. The van der Waals surface area contributed by atoms with Crippen molar-refractivity contribution < 1.29 is 18.8 Å². The van der Waals surface area contributed by atoms with Gasteiger partial charge in [-0.05, 0) is 50.2 Å². The second-order valence-corrected chi connectivity index (χ2v) is 6.41. The lowest BCUT2D eigenvalue weighted by molar-refractivity contribution is 0.0846. The van der Waals surface area contributed by atoms with E-state index in [0.29, 0.717) is 28.7 Å². The largest absolute Gasteiger partial charge is 0.489 e. The van der Waals surface area contributed by atoms with E-state index in [-0.39, 0.29) is 5.56 Å². The zero-order chi connectivity index (χ0) is 20.1. The number of nitrogens with one attached hydrogen (secondary N) is 2. The second-order valence-electron chi connectivity index (χ2n) is 6.00. The van der Waals surface area contributed by atoms with Gasteiger partial charge in [0.1, 0.15) is 18.1 Å². The minimum absolute atomic E-state index is 0.271. The van der Waals surface area contributed by atoms with Crippen molar-refractivity contribution in [2.24, 2.45) is 0 Å². The van der Waals surface area contributed by atoms with Crippen LogP contribution >= 0.6 is 11.6 Å². The predicted molar refractivity (Wildman–Crippen MR) is 103 cm³/mol. The van der Waals surface area contributed by atoms with Crippen LogP contribution in [0.4, 0.5) is 0 Å². The number of carbonyl (C=O) groups excluding carboxylic acids is 2. The summed E-state index contributed by atoms with van der Waals surface area (Å²) in [4.78, 5) is 24.3. The summed E-state index contributed by atoms with van der Waals surface area (Å²) in [6.45, 7) is 3.99. The van der Waals surface area contributed by atoms with Crippen molar-refractivity contribution in [2.45, 2.75) is 20.5 Å². The van der Waals surface area contributed by atoms with Crippen LogP contribution in [0.25, 0.3) is 0 Å². The molecule has 144 valence electrons. The maximum absolute atomic E-state index is 12.2. The summed E-state index contributed by atoms with van der Waals surface area (Å²) in [5, 5.41) is 4.18. The van der Waals surface area contributed by atoms with Gasteiger partial charge in [-0.1, -0.05) is 28.9 Å². The van der Waals surface area contributed by atoms with Crippen LogP contribution in [0.15, 0.2) is 53.1 Å². The Kier molecular flexibility index (Phi) is 5.96. The van der Waals surface area contributed by atoms with E-state index in [1.807, 2.05) is 13.8 Å². The summed E-state index contributed by atoms with van der Waals surface area (Å²) >= 11 is 5.96. The van der Waals surface area contributed by atoms with Crippen LogP contribution < -0.4 is 15.6 Å². The molecule has 2 N–H and O–H groups in total. The van der Waals surface area contributed by atoms with Crippen LogP contribution in [-0.2, 0) is 6.61 Å². The highest BCUT2D eigenvalue weighted by Crippen LogP contribution is 2.18. The van der Waals surface area contributed by atoms with Gasteiger partial charge in [0, 0.05) is 5.56 Å². The third-order valence-corrected chi connectivity index (χ3v) is 4.42. The van der Waals surface area contributed by atoms with E-state index in [0.717, 1.165) is 11.3 Å². The monoisotopic (exact) mass is 399 g/mol. The number of rotatable bonds is 5. The summed E-state index contributed by atoms with van der Waals surface area (Å²) in [5.74, 6) is 0.343. The molecule has 0 saturated heterocycles. The molecular weight excluding hydrogens is 382 g/mol. The van der Waals surface area contributed by atoms with Crippen LogP contribution in [0.1, 0.15) is 37.7 Å². The van der Waals surface area contributed by atoms with Gasteiger partial charge in [-0.15, -0.1) is 0 Å². The van der Waals surface area contributed by atoms with Gasteiger partial charge in [0.25, 0.3) is 11.8 Å². The van der Waals surface area contributed by atoms with Crippen molar-refractivity contribution in [3.8, 4) is 5.75 Å². The molecule has 1 heterocycles. The third-order valence-electron chi connectivity index (χ3n) is 4.09. The smallest absolute Gasteiger partial charge is 0.271 e. The van der Waals surface area contributed by atoms with Crippen molar-refractivity contribution in [1.29, 1.82) is 0 Å². The third kappa shape index (κ3) is 4.50. The Balaban J connectivity index is 1.55. The lowest BCUT2D eigenvalue weighted by Crippen LogP contribution is -2.41. The maximum atomic E-state index is 12.2. The lowest BCUT2D eigenvalue weighted by atomic mass is 10.2. The molecular formula is C20H18ClN3O4. The van der Waals surface area contributed by atoms with E-state index >= 15 is 0 Å². The van der Waals surface area contributed by atoms with E-state index in [1.54, 1.807) is 48.5 Å². The number of halogens is 1. The molecule has 0 atom stereocenters. The van der Waals surface area contributed by atoms with Gasteiger partial charge < -0.3 is 9.26 Å². The van der Waals surface area contributed by atoms with Crippen LogP contribution in [0.2, 0.25) is 5.02 Å². The molecule has 0 unspecified atom stereocenters. The van der Waals surface area contributed by atoms with Crippen LogP contribution in [0, 0.1) is 13.8 Å². The molecule has 28 heavy (non-hydrogen) atoms. The molecule has 0 saturated carbocycles. The zero-order valence-corrected chi connectivity index (χ0v) is 16.0. The van der Waals surface area contributed by atoms with Gasteiger partial charge >= 0.3 is 0 Å². The molecule has 0 aliphatic heterocycles. The van der Waals surface area contributed by atoms with Crippen LogP contribution in [-0.4, -0.2) is 17.0 Å². The highest BCUT2D eigenvalue weighted by molar-refractivity contribution is 6.33. The minimum Gasteiger partial charge on any atom is -0.489 e. The normalized spacial score (nSPS) is 10.4. The summed E-state index contributed by atoms with van der Waals surface area (Å²) in [6, 6.07) is 13.1. The molecule has 0 aliphatic rings. The lowest BCUT2D eigenvalue weighted by Gasteiger charge is -2.09. The summed E-state index contributed by atoms with van der Waals surface area (Å²) in [7, 11) is 0. The van der Waals surface area contributed by atoms with Gasteiger partial charge in [-0.2, -0.15) is 0 Å². The first kappa shape index (κ1) is 19.4. The van der Waals surface area contributed by atoms with E-state index < -0.39 is 11.8 Å². The van der Waals surface area contributed by atoms with Crippen molar-refractivity contribution >= 4 is 23.4 Å². The van der Waals surface area contributed by atoms with E-state index in [9.17, 15) is 9.59 Å². The van der Waals surface area contributed by atoms with Crippen molar-refractivity contribution in [2.75, 3.05) is 0 Å². The maximum Gasteiger partial charge on any atom is 0.271 e. The molecule has 0 radical (unpaired) electrons. The predicted octanol–water partition coefficient (Wildman–Crippen LogP) is 3.60. The number of amides is 2. The number of hydrazine groups is 1.